The van der Waals surface area contributed by atoms with E-state index < -0.39 is 31.4 Å². The van der Waals surface area contributed by atoms with Gasteiger partial charge in [-0.15, -0.1) is 0 Å². The van der Waals surface area contributed by atoms with Crippen LogP contribution in [-0.4, -0.2) is 43.1 Å². The summed E-state index contributed by atoms with van der Waals surface area (Å²) in [6.07, 6.45) is 0. The molecule has 1 heterocycles. The average molecular weight is 263 g/mol. The first-order chi connectivity index (χ1) is 7.47. The van der Waals surface area contributed by atoms with E-state index in [9.17, 15) is 13.2 Å². The topological polar surface area (TPSA) is 72.5 Å². The van der Waals surface area contributed by atoms with Crippen LogP contribution in [0.1, 0.15) is 34.6 Å². The lowest BCUT2D eigenvalue weighted by Gasteiger charge is -2.35. The average Bonchev–Trinajstić information content (AvgIpc) is 2.06. The van der Waals surface area contributed by atoms with Gasteiger partial charge in [0.05, 0.1) is 4.75 Å². The van der Waals surface area contributed by atoms with E-state index in [0.717, 1.165) is 0 Å². The van der Waals surface area contributed by atoms with Gasteiger partial charge in [-0.1, -0.05) is 0 Å². The van der Waals surface area contributed by atoms with Crippen LogP contribution in [0.2, 0.25) is 0 Å². The Morgan fingerprint density at radius 2 is 1.88 bits per heavy atom. The van der Waals surface area contributed by atoms with Crippen LogP contribution < -0.4 is 5.32 Å². The van der Waals surface area contributed by atoms with Crippen molar-refractivity contribution >= 4 is 15.8 Å². The molecule has 1 fully saturated rings. The Morgan fingerprint density at radius 1 is 1.35 bits per heavy atom. The van der Waals surface area contributed by atoms with E-state index in [-0.39, 0.29) is 6.54 Å². The van der Waals surface area contributed by atoms with Crippen LogP contribution in [0.4, 0.5) is 0 Å². The fourth-order valence-corrected chi connectivity index (χ4v) is 3.39. The van der Waals surface area contributed by atoms with Crippen LogP contribution in [0.15, 0.2) is 0 Å². The zero-order valence-electron chi connectivity index (χ0n) is 11.0. The molecule has 100 valence electrons. The maximum Gasteiger partial charge on any atom is 0.326 e. The lowest BCUT2D eigenvalue weighted by molar-refractivity contribution is -0.154. The van der Waals surface area contributed by atoms with Gasteiger partial charge in [0.2, 0.25) is 0 Å². The first-order valence-electron chi connectivity index (χ1n) is 5.64. The van der Waals surface area contributed by atoms with Gasteiger partial charge in [-0.2, -0.15) is 0 Å². The maximum absolute atomic E-state index is 12.2. The molecule has 1 atom stereocenters. The monoisotopic (exact) mass is 263 g/mol. The quantitative estimate of drug-likeness (QED) is 0.697. The van der Waals surface area contributed by atoms with Gasteiger partial charge in [-0.05, 0) is 34.6 Å². The van der Waals surface area contributed by atoms with Crippen molar-refractivity contribution in [2.45, 2.75) is 50.2 Å². The van der Waals surface area contributed by atoms with E-state index in [4.69, 9.17) is 4.74 Å². The Labute approximate surface area is 103 Å². The first-order valence-corrected chi connectivity index (χ1v) is 7.19. The summed E-state index contributed by atoms with van der Waals surface area (Å²) in [5.74, 6) is -0.669. The fourth-order valence-electron chi connectivity index (χ4n) is 1.68. The zero-order valence-corrected chi connectivity index (χ0v) is 11.8. The van der Waals surface area contributed by atoms with Crippen molar-refractivity contribution in [2.75, 3.05) is 13.1 Å². The Morgan fingerprint density at radius 3 is 2.35 bits per heavy atom. The standard InChI is InChI=1S/C11H21NO4S/c1-10(2,3)16-9(13)8-6-12-7-11(4,5)17(8,14)15/h8,12H,6-7H2,1-5H3. The molecular weight excluding hydrogens is 242 g/mol. The predicted molar refractivity (Wildman–Crippen MR) is 65.5 cm³/mol. The molecule has 1 aliphatic rings. The van der Waals surface area contributed by atoms with Crippen LogP contribution in [0.3, 0.4) is 0 Å². The van der Waals surface area contributed by atoms with Crippen LogP contribution in [0.5, 0.6) is 0 Å². The number of carbonyl (C=O) groups is 1. The number of hydrogen-bond acceptors (Lipinski definition) is 5. The van der Waals surface area contributed by atoms with E-state index in [0.29, 0.717) is 6.54 Å². The SMILES string of the molecule is CC(C)(C)OC(=O)C1CNCC(C)(C)S1(=O)=O. The normalized spacial score (nSPS) is 27.5. The van der Waals surface area contributed by atoms with Crippen molar-refractivity contribution in [1.29, 1.82) is 0 Å². The Bertz CT molecular complexity index is 406. The molecule has 5 nitrogen and oxygen atoms in total. The van der Waals surface area contributed by atoms with Gasteiger partial charge < -0.3 is 10.1 Å². The molecule has 0 aromatic rings. The molecule has 0 aliphatic carbocycles. The van der Waals surface area contributed by atoms with Crippen molar-refractivity contribution in [3.05, 3.63) is 0 Å². The number of nitrogens with one attached hydrogen (secondary N) is 1. The highest BCUT2D eigenvalue weighted by Crippen LogP contribution is 2.26. The summed E-state index contributed by atoms with van der Waals surface area (Å²) in [5, 5.41) is 1.86. The second-order valence-electron chi connectivity index (χ2n) is 5.96. The third-order valence-corrected chi connectivity index (χ3v) is 5.49. The van der Waals surface area contributed by atoms with Gasteiger partial charge in [0.25, 0.3) is 0 Å². The summed E-state index contributed by atoms with van der Waals surface area (Å²) >= 11 is 0. The van der Waals surface area contributed by atoms with Gasteiger partial charge >= 0.3 is 5.97 Å². The summed E-state index contributed by atoms with van der Waals surface area (Å²) in [6, 6.07) is 0. The minimum absolute atomic E-state index is 0.126. The molecule has 1 aliphatic heterocycles. The van der Waals surface area contributed by atoms with Crippen molar-refractivity contribution in [3.8, 4) is 0 Å². The Kier molecular flexibility index (Phi) is 3.60. The summed E-state index contributed by atoms with van der Waals surface area (Å²) in [7, 11) is -3.51. The summed E-state index contributed by atoms with van der Waals surface area (Å²) in [4.78, 5) is 11.9. The molecule has 1 saturated heterocycles. The highest BCUT2D eigenvalue weighted by Gasteiger charge is 2.48. The van der Waals surface area contributed by atoms with Crippen LogP contribution in [0.25, 0.3) is 0 Å². The number of esters is 1. The molecule has 1 N–H and O–H groups in total. The number of ether oxygens (including phenoxy) is 1. The van der Waals surface area contributed by atoms with Crippen molar-refractivity contribution in [2.24, 2.45) is 0 Å². The third kappa shape index (κ3) is 2.98. The predicted octanol–water partition coefficient (Wildman–Crippen LogP) is 0.493. The molecule has 6 heteroatoms. The number of rotatable bonds is 1. The summed E-state index contributed by atoms with van der Waals surface area (Å²) in [5.41, 5.74) is -0.672. The lowest BCUT2D eigenvalue weighted by Crippen LogP contribution is -2.59. The fraction of sp³-hybridized carbons (Fsp3) is 0.909. The maximum atomic E-state index is 12.2. The number of sulfone groups is 1. The molecular formula is C11H21NO4S. The number of carbonyl (C=O) groups excluding carboxylic acids is 1. The van der Waals surface area contributed by atoms with E-state index in [1.54, 1.807) is 34.6 Å². The van der Waals surface area contributed by atoms with E-state index in [2.05, 4.69) is 5.32 Å². The molecule has 0 amide bonds. The third-order valence-electron chi connectivity index (χ3n) is 2.69. The Hall–Kier alpha value is -0.620. The molecule has 1 unspecified atom stereocenters. The zero-order chi connectivity index (χ0) is 13.5. The lowest BCUT2D eigenvalue weighted by atomic mass is 10.2. The summed E-state index contributed by atoms with van der Waals surface area (Å²) in [6.45, 7) is 8.88. The highest BCUT2D eigenvalue weighted by atomic mass is 32.2. The van der Waals surface area contributed by atoms with E-state index >= 15 is 0 Å². The molecule has 0 bridgehead atoms. The molecule has 0 aromatic carbocycles. The second kappa shape index (κ2) is 4.24. The van der Waals surface area contributed by atoms with Crippen molar-refractivity contribution in [3.63, 3.8) is 0 Å². The van der Waals surface area contributed by atoms with Crippen molar-refractivity contribution < 1.29 is 17.9 Å². The number of hydrogen-bond donors (Lipinski definition) is 1. The van der Waals surface area contributed by atoms with Gasteiger partial charge in [-0.25, -0.2) is 8.42 Å². The minimum Gasteiger partial charge on any atom is -0.459 e. The largest absolute Gasteiger partial charge is 0.459 e. The van der Waals surface area contributed by atoms with Crippen molar-refractivity contribution in [1.82, 2.24) is 5.32 Å². The molecule has 1 rings (SSSR count). The highest BCUT2D eigenvalue weighted by molar-refractivity contribution is 7.94. The second-order valence-corrected chi connectivity index (χ2v) is 8.72. The van der Waals surface area contributed by atoms with Gasteiger partial charge in [0.1, 0.15) is 5.60 Å². The van der Waals surface area contributed by atoms with Gasteiger partial charge in [-0.3, -0.25) is 4.79 Å². The van der Waals surface area contributed by atoms with Gasteiger partial charge in [0, 0.05) is 13.1 Å². The first kappa shape index (κ1) is 14.4. The minimum atomic E-state index is -3.51. The van der Waals surface area contributed by atoms with E-state index in [1.807, 2.05) is 0 Å². The van der Waals surface area contributed by atoms with Crippen LogP contribution in [-0.2, 0) is 19.4 Å². The molecule has 0 aromatic heterocycles. The Balaban J connectivity index is 2.95. The molecule has 17 heavy (non-hydrogen) atoms. The molecule has 0 saturated carbocycles. The summed E-state index contributed by atoms with van der Waals surface area (Å²) < 4.78 is 28.7. The van der Waals surface area contributed by atoms with Crippen LogP contribution >= 0.6 is 0 Å². The smallest absolute Gasteiger partial charge is 0.326 e. The van der Waals surface area contributed by atoms with E-state index in [1.165, 1.54) is 0 Å². The molecule has 0 radical (unpaired) electrons. The van der Waals surface area contributed by atoms with Gasteiger partial charge in [0.15, 0.2) is 15.1 Å². The molecule has 0 spiro atoms. The van der Waals surface area contributed by atoms with Crippen LogP contribution in [0, 0.1) is 0 Å².